The van der Waals surface area contributed by atoms with Crippen LogP contribution in [0.2, 0.25) is 11.1 Å². The van der Waals surface area contributed by atoms with Crippen molar-refractivity contribution in [3.05, 3.63) is 0 Å². The molecule has 64 valence electrons. The van der Waals surface area contributed by atoms with Gasteiger partial charge >= 0.3 is 11.9 Å². The highest BCUT2D eigenvalue weighted by atomic mass is 28.2. The lowest BCUT2D eigenvalue weighted by Gasteiger charge is -2.07. The molecule has 0 aromatic rings. The van der Waals surface area contributed by atoms with E-state index in [1.54, 1.807) is 13.8 Å². The molecule has 0 radical (unpaired) electrons. The Balaban J connectivity index is 3.84. The zero-order valence-electron chi connectivity index (χ0n) is 6.57. The molecule has 5 heteroatoms. The first kappa shape index (κ1) is 10.2. The van der Waals surface area contributed by atoms with Crippen molar-refractivity contribution in [1.29, 1.82) is 0 Å². The fourth-order valence-corrected chi connectivity index (χ4v) is 2.20. The second kappa shape index (κ2) is 4.12. The number of carboxylic acid groups (broad SMARTS) is 2. The number of rotatable bonds is 4. The van der Waals surface area contributed by atoms with Crippen LogP contribution >= 0.6 is 0 Å². The lowest BCUT2D eigenvalue weighted by atomic mass is 10.5. The summed E-state index contributed by atoms with van der Waals surface area (Å²) in [4.78, 5) is 20.6. The van der Waals surface area contributed by atoms with Crippen molar-refractivity contribution in [3.8, 4) is 0 Å². The van der Waals surface area contributed by atoms with Crippen LogP contribution in [-0.4, -0.2) is 31.7 Å². The van der Waals surface area contributed by atoms with E-state index in [0.717, 1.165) is 0 Å². The van der Waals surface area contributed by atoms with E-state index in [1.165, 1.54) is 0 Å². The predicted molar refractivity (Wildman–Crippen MR) is 42.7 cm³/mol. The molecule has 0 bridgehead atoms. The van der Waals surface area contributed by atoms with Gasteiger partial charge in [0.05, 0.1) is 9.52 Å². The summed E-state index contributed by atoms with van der Waals surface area (Å²) >= 11 is 0. The third-order valence-corrected chi connectivity index (χ3v) is 3.66. The SMILES string of the molecule is CC([SiH2]C(C)C(=O)O)C(=O)O. The first-order valence-corrected chi connectivity index (χ1v) is 5.04. The Labute approximate surface area is 67.0 Å². The van der Waals surface area contributed by atoms with Crippen LogP contribution in [0, 0.1) is 0 Å². The van der Waals surface area contributed by atoms with E-state index in [0.29, 0.717) is 0 Å². The molecule has 4 nitrogen and oxygen atoms in total. The molecule has 0 rings (SSSR count). The molecule has 0 aliphatic rings. The molecule has 0 aromatic heterocycles. The van der Waals surface area contributed by atoms with E-state index >= 15 is 0 Å². The monoisotopic (exact) mass is 176 g/mol. The van der Waals surface area contributed by atoms with Gasteiger partial charge in [-0.25, -0.2) is 0 Å². The van der Waals surface area contributed by atoms with Crippen molar-refractivity contribution in [2.45, 2.75) is 24.9 Å². The van der Waals surface area contributed by atoms with Crippen LogP contribution in [0.5, 0.6) is 0 Å². The van der Waals surface area contributed by atoms with Gasteiger partial charge in [-0.2, -0.15) is 0 Å². The Morgan fingerprint density at radius 1 is 1.09 bits per heavy atom. The highest BCUT2D eigenvalue weighted by Gasteiger charge is 2.19. The van der Waals surface area contributed by atoms with Crippen molar-refractivity contribution in [1.82, 2.24) is 0 Å². The number of hydrogen-bond acceptors (Lipinski definition) is 2. The summed E-state index contributed by atoms with van der Waals surface area (Å²) in [5.74, 6) is -1.77. The minimum absolute atomic E-state index is 0.443. The maximum absolute atomic E-state index is 10.3. The van der Waals surface area contributed by atoms with Crippen molar-refractivity contribution in [2.24, 2.45) is 0 Å². The van der Waals surface area contributed by atoms with Gasteiger partial charge in [-0.15, -0.1) is 0 Å². The summed E-state index contributed by atoms with van der Waals surface area (Å²) in [7, 11) is -1.03. The molecule has 2 atom stereocenters. The first-order valence-electron chi connectivity index (χ1n) is 3.40. The molecule has 0 heterocycles. The van der Waals surface area contributed by atoms with Crippen LogP contribution in [0.3, 0.4) is 0 Å². The Kier molecular flexibility index (Phi) is 3.81. The van der Waals surface area contributed by atoms with Crippen LogP contribution < -0.4 is 0 Å². The van der Waals surface area contributed by atoms with Crippen LogP contribution in [0.25, 0.3) is 0 Å². The summed E-state index contributed by atoms with van der Waals surface area (Å²) in [6, 6.07) is 0. The number of aliphatic carboxylic acids is 2. The Morgan fingerprint density at radius 3 is 1.55 bits per heavy atom. The molecule has 2 unspecified atom stereocenters. The summed E-state index contributed by atoms with van der Waals surface area (Å²) in [5, 5.41) is 16.9. The van der Waals surface area contributed by atoms with Crippen molar-refractivity contribution in [3.63, 3.8) is 0 Å². The van der Waals surface area contributed by atoms with E-state index in [4.69, 9.17) is 10.2 Å². The van der Waals surface area contributed by atoms with Crippen molar-refractivity contribution < 1.29 is 19.8 Å². The molecule has 0 aromatic carbocycles. The van der Waals surface area contributed by atoms with E-state index in [9.17, 15) is 9.59 Å². The van der Waals surface area contributed by atoms with Gasteiger partial charge in [0, 0.05) is 11.1 Å². The number of carbonyl (C=O) groups is 2. The second-order valence-corrected chi connectivity index (χ2v) is 5.64. The van der Waals surface area contributed by atoms with Gasteiger partial charge in [-0.05, 0) is 0 Å². The Hall–Kier alpha value is -0.843. The van der Waals surface area contributed by atoms with E-state index < -0.39 is 32.5 Å². The van der Waals surface area contributed by atoms with E-state index in [2.05, 4.69) is 0 Å². The summed E-state index contributed by atoms with van der Waals surface area (Å²) in [6.45, 7) is 3.13. The summed E-state index contributed by atoms with van der Waals surface area (Å²) in [5.41, 5.74) is -0.887. The van der Waals surface area contributed by atoms with Crippen LogP contribution in [0.4, 0.5) is 0 Å². The van der Waals surface area contributed by atoms with Gasteiger partial charge in [0.1, 0.15) is 0 Å². The normalized spacial score (nSPS) is 16.5. The van der Waals surface area contributed by atoms with Gasteiger partial charge < -0.3 is 10.2 Å². The van der Waals surface area contributed by atoms with Crippen molar-refractivity contribution >= 4 is 21.5 Å². The smallest absolute Gasteiger partial charge is 0.302 e. The van der Waals surface area contributed by atoms with Gasteiger partial charge in [-0.3, -0.25) is 9.59 Å². The highest BCUT2D eigenvalue weighted by Crippen LogP contribution is 2.11. The fraction of sp³-hybridized carbons (Fsp3) is 0.667. The molecule has 0 saturated carbocycles. The molecule has 0 fully saturated rings. The highest BCUT2D eigenvalue weighted by molar-refractivity contribution is 6.49. The van der Waals surface area contributed by atoms with Crippen LogP contribution in [0.1, 0.15) is 13.8 Å². The zero-order valence-corrected chi connectivity index (χ0v) is 7.99. The van der Waals surface area contributed by atoms with Gasteiger partial charge in [0.2, 0.25) is 0 Å². The average Bonchev–Trinajstić information content (AvgIpc) is 1.87. The predicted octanol–water partition coefficient (Wildman–Crippen LogP) is -0.0588. The van der Waals surface area contributed by atoms with Crippen LogP contribution in [-0.2, 0) is 9.59 Å². The minimum atomic E-state index is -1.03. The number of hydrogen-bond donors (Lipinski definition) is 2. The quantitative estimate of drug-likeness (QED) is 0.588. The van der Waals surface area contributed by atoms with E-state index in [1.807, 2.05) is 0 Å². The maximum atomic E-state index is 10.3. The molecule has 0 saturated heterocycles. The summed E-state index contributed by atoms with van der Waals surface area (Å²) in [6.07, 6.45) is 0. The third-order valence-electron chi connectivity index (χ3n) is 1.55. The molecular formula is C6H12O4Si. The zero-order chi connectivity index (χ0) is 9.02. The fourth-order valence-electron chi connectivity index (χ4n) is 0.732. The molecule has 0 aliphatic carbocycles. The standard InChI is InChI=1S/C6H12O4Si/c1-3(5(7)8)11-4(2)6(9)10/h3-4H,11H2,1-2H3,(H,7,8)(H,9,10). The van der Waals surface area contributed by atoms with Gasteiger partial charge in [0.25, 0.3) is 0 Å². The second-order valence-electron chi connectivity index (χ2n) is 2.71. The summed E-state index contributed by atoms with van der Waals surface area (Å²) < 4.78 is 0. The topological polar surface area (TPSA) is 74.6 Å². The Morgan fingerprint density at radius 2 is 1.36 bits per heavy atom. The molecule has 0 aliphatic heterocycles. The van der Waals surface area contributed by atoms with Crippen LogP contribution in [0.15, 0.2) is 0 Å². The lowest BCUT2D eigenvalue weighted by Crippen LogP contribution is -2.19. The molecule has 0 spiro atoms. The molecule has 0 amide bonds. The first-order chi connectivity index (χ1) is 4.95. The minimum Gasteiger partial charge on any atom is -0.481 e. The third kappa shape index (κ3) is 3.77. The van der Waals surface area contributed by atoms with Crippen molar-refractivity contribution in [2.75, 3.05) is 0 Å². The lowest BCUT2D eigenvalue weighted by molar-refractivity contribution is -0.136. The molecular weight excluding hydrogens is 164 g/mol. The largest absolute Gasteiger partial charge is 0.481 e. The Bertz CT molecular complexity index is 150. The van der Waals surface area contributed by atoms with Gasteiger partial charge in [0.15, 0.2) is 0 Å². The average molecular weight is 176 g/mol. The molecule has 11 heavy (non-hydrogen) atoms. The van der Waals surface area contributed by atoms with Gasteiger partial charge in [-0.1, -0.05) is 13.8 Å². The number of carboxylic acids is 2. The van der Waals surface area contributed by atoms with E-state index in [-0.39, 0.29) is 0 Å². The maximum Gasteiger partial charge on any atom is 0.302 e. The molecule has 2 N–H and O–H groups in total.